The van der Waals surface area contributed by atoms with E-state index in [-0.39, 0.29) is 16.6 Å². The van der Waals surface area contributed by atoms with E-state index < -0.39 is 10.0 Å². The van der Waals surface area contributed by atoms with Crippen LogP contribution in [-0.4, -0.2) is 14.5 Å². The van der Waals surface area contributed by atoms with Gasteiger partial charge in [0, 0.05) is 11.1 Å². The Morgan fingerprint density at radius 3 is 2.72 bits per heavy atom. The molecule has 0 saturated carbocycles. The molecule has 0 fully saturated rings. The van der Waals surface area contributed by atoms with Gasteiger partial charge in [-0.05, 0) is 31.5 Å². The summed E-state index contributed by atoms with van der Waals surface area (Å²) in [5, 5.41) is 0.353. The zero-order valence-electron chi connectivity index (χ0n) is 10.6. The molecule has 102 valence electrons. The van der Waals surface area contributed by atoms with Crippen molar-refractivity contribution in [2.45, 2.75) is 44.0 Å². The van der Waals surface area contributed by atoms with Crippen molar-refractivity contribution >= 4 is 27.3 Å². The van der Waals surface area contributed by atoms with Gasteiger partial charge in [-0.15, -0.1) is 0 Å². The quantitative estimate of drug-likeness (QED) is 0.791. The molecule has 0 aliphatic carbocycles. The van der Waals surface area contributed by atoms with Gasteiger partial charge in [-0.3, -0.25) is 0 Å². The topological polar surface area (TPSA) is 72.2 Å². The summed E-state index contributed by atoms with van der Waals surface area (Å²) in [4.78, 5) is 0.0401. The number of unbranched alkanes of at least 4 members (excludes halogenated alkanes) is 1. The molecule has 1 aromatic rings. The number of hydrogen-bond acceptors (Lipinski definition) is 3. The van der Waals surface area contributed by atoms with E-state index in [1.54, 1.807) is 6.07 Å². The Morgan fingerprint density at radius 2 is 2.11 bits per heavy atom. The van der Waals surface area contributed by atoms with E-state index in [1.165, 1.54) is 12.1 Å². The fourth-order valence-electron chi connectivity index (χ4n) is 1.64. The molecule has 0 radical (unpaired) electrons. The molecule has 0 heterocycles. The summed E-state index contributed by atoms with van der Waals surface area (Å²) in [7, 11) is -3.60. The lowest BCUT2D eigenvalue weighted by Crippen LogP contribution is -2.33. The fraction of sp³-hybridized carbons (Fsp3) is 0.500. The number of rotatable bonds is 6. The van der Waals surface area contributed by atoms with Crippen LogP contribution in [0.25, 0.3) is 0 Å². The van der Waals surface area contributed by atoms with Crippen molar-refractivity contribution < 1.29 is 8.42 Å². The van der Waals surface area contributed by atoms with E-state index >= 15 is 0 Å². The Kier molecular flexibility index (Phi) is 5.44. The molecule has 0 aliphatic heterocycles. The van der Waals surface area contributed by atoms with E-state index in [0.29, 0.717) is 5.02 Å². The number of nitrogen functional groups attached to an aromatic ring is 1. The minimum absolute atomic E-state index is 0.0401. The number of anilines is 1. The van der Waals surface area contributed by atoms with Crippen molar-refractivity contribution in [3.05, 3.63) is 23.2 Å². The van der Waals surface area contributed by atoms with Crippen molar-refractivity contribution in [1.82, 2.24) is 4.72 Å². The monoisotopic (exact) mass is 290 g/mol. The zero-order valence-corrected chi connectivity index (χ0v) is 12.2. The summed E-state index contributed by atoms with van der Waals surface area (Å²) in [6, 6.07) is 4.31. The lowest BCUT2D eigenvalue weighted by molar-refractivity contribution is 0.534. The Hall–Kier alpha value is -0.780. The maximum Gasteiger partial charge on any atom is 0.242 e. The second-order valence-corrected chi connectivity index (χ2v) is 6.47. The van der Waals surface area contributed by atoms with Gasteiger partial charge >= 0.3 is 0 Å². The molecule has 6 heteroatoms. The normalized spacial score (nSPS) is 13.5. The molecule has 1 atom stereocenters. The Morgan fingerprint density at radius 1 is 1.44 bits per heavy atom. The summed E-state index contributed by atoms with van der Waals surface area (Å²) in [5.41, 5.74) is 5.88. The molecule has 0 aromatic heterocycles. The number of hydrogen-bond donors (Lipinski definition) is 2. The van der Waals surface area contributed by atoms with Crippen molar-refractivity contribution in [3.63, 3.8) is 0 Å². The third-order valence-electron chi connectivity index (χ3n) is 2.61. The van der Waals surface area contributed by atoms with Gasteiger partial charge in [0.25, 0.3) is 0 Å². The van der Waals surface area contributed by atoms with Crippen molar-refractivity contribution in [2.24, 2.45) is 0 Å². The maximum atomic E-state index is 12.1. The van der Waals surface area contributed by atoms with Crippen LogP contribution in [0.3, 0.4) is 0 Å². The average Bonchev–Trinajstić information content (AvgIpc) is 2.29. The van der Waals surface area contributed by atoms with Gasteiger partial charge in [-0.25, -0.2) is 13.1 Å². The minimum Gasteiger partial charge on any atom is -0.398 e. The standard InChI is InChI=1S/C12H19ClN2O2S/c1-3-4-5-9(2)15-18(16,17)12-8-10(13)6-7-11(12)14/h6-9,15H,3-5,14H2,1-2H3. The average molecular weight is 291 g/mol. The van der Waals surface area contributed by atoms with E-state index in [0.717, 1.165) is 19.3 Å². The molecule has 1 aromatic carbocycles. The van der Waals surface area contributed by atoms with Crippen molar-refractivity contribution in [2.75, 3.05) is 5.73 Å². The van der Waals surface area contributed by atoms with Gasteiger partial charge in [0.2, 0.25) is 10.0 Å². The van der Waals surface area contributed by atoms with Gasteiger partial charge in [-0.1, -0.05) is 31.4 Å². The first-order valence-electron chi connectivity index (χ1n) is 5.94. The highest BCUT2D eigenvalue weighted by Crippen LogP contribution is 2.22. The second kappa shape index (κ2) is 6.41. The van der Waals surface area contributed by atoms with Crippen LogP contribution in [0.5, 0.6) is 0 Å². The van der Waals surface area contributed by atoms with E-state index in [2.05, 4.69) is 11.6 Å². The molecule has 0 bridgehead atoms. The number of nitrogens with two attached hydrogens (primary N) is 1. The fourth-order valence-corrected chi connectivity index (χ4v) is 3.31. The van der Waals surface area contributed by atoms with Crippen LogP contribution in [0.1, 0.15) is 33.1 Å². The summed E-state index contributed by atoms with van der Waals surface area (Å²) in [6.45, 7) is 3.91. The molecule has 0 amide bonds. The highest BCUT2D eigenvalue weighted by atomic mass is 35.5. The van der Waals surface area contributed by atoms with Crippen LogP contribution >= 0.6 is 11.6 Å². The third kappa shape index (κ3) is 4.15. The zero-order chi connectivity index (χ0) is 13.8. The highest BCUT2D eigenvalue weighted by molar-refractivity contribution is 7.89. The van der Waals surface area contributed by atoms with Gasteiger partial charge in [0.05, 0.1) is 5.69 Å². The Bertz CT molecular complexity index is 503. The summed E-state index contributed by atoms with van der Waals surface area (Å²) in [5.74, 6) is 0. The van der Waals surface area contributed by atoms with Crippen LogP contribution in [0.4, 0.5) is 5.69 Å². The van der Waals surface area contributed by atoms with Crippen LogP contribution < -0.4 is 10.5 Å². The number of sulfonamides is 1. The van der Waals surface area contributed by atoms with Gasteiger partial charge < -0.3 is 5.73 Å². The third-order valence-corrected chi connectivity index (χ3v) is 4.49. The first-order valence-corrected chi connectivity index (χ1v) is 7.80. The highest BCUT2D eigenvalue weighted by Gasteiger charge is 2.20. The molecule has 4 nitrogen and oxygen atoms in total. The van der Waals surface area contributed by atoms with Crippen LogP contribution in [0.15, 0.2) is 23.1 Å². The molecule has 0 saturated heterocycles. The van der Waals surface area contributed by atoms with Crippen molar-refractivity contribution in [1.29, 1.82) is 0 Å². The maximum absolute atomic E-state index is 12.1. The molecule has 3 N–H and O–H groups in total. The predicted octanol–water partition coefficient (Wildman–Crippen LogP) is 2.78. The minimum atomic E-state index is -3.60. The number of halogens is 1. The summed E-state index contributed by atoms with van der Waals surface area (Å²) < 4.78 is 26.9. The Labute approximate surface area is 114 Å². The smallest absolute Gasteiger partial charge is 0.242 e. The Balaban J connectivity index is 2.89. The van der Waals surface area contributed by atoms with E-state index in [1.807, 2.05) is 6.92 Å². The van der Waals surface area contributed by atoms with Gasteiger partial charge in [-0.2, -0.15) is 0 Å². The molecule has 1 rings (SSSR count). The number of nitrogens with one attached hydrogen (secondary N) is 1. The molecular formula is C12H19ClN2O2S. The summed E-state index contributed by atoms with van der Waals surface area (Å²) >= 11 is 5.80. The molecular weight excluding hydrogens is 272 g/mol. The second-order valence-electron chi connectivity index (χ2n) is 4.35. The van der Waals surface area contributed by atoms with E-state index in [9.17, 15) is 8.42 Å². The SMILES string of the molecule is CCCCC(C)NS(=O)(=O)c1cc(Cl)ccc1N. The van der Waals surface area contributed by atoms with Crippen LogP contribution in [0.2, 0.25) is 5.02 Å². The molecule has 18 heavy (non-hydrogen) atoms. The summed E-state index contributed by atoms with van der Waals surface area (Å²) in [6.07, 6.45) is 2.82. The van der Waals surface area contributed by atoms with Crippen molar-refractivity contribution in [3.8, 4) is 0 Å². The molecule has 0 aliphatic rings. The van der Waals surface area contributed by atoms with Gasteiger partial charge in [0.1, 0.15) is 4.90 Å². The first kappa shape index (κ1) is 15.3. The van der Waals surface area contributed by atoms with Crippen LogP contribution in [-0.2, 0) is 10.0 Å². The molecule has 1 unspecified atom stereocenters. The lowest BCUT2D eigenvalue weighted by atomic mass is 10.2. The van der Waals surface area contributed by atoms with Gasteiger partial charge in [0.15, 0.2) is 0 Å². The van der Waals surface area contributed by atoms with Crippen LogP contribution in [0, 0.1) is 0 Å². The predicted molar refractivity (Wildman–Crippen MR) is 75.2 cm³/mol. The van der Waals surface area contributed by atoms with E-state index in [4.69, 9.17) is 17.3 Å². The number of benzene rings is 1. The lowest BCUT2D eigenvalue weighted by Gasteiger charge is -2.15. The first-order chi connectivity index (χ1) is 8.36. The molecule has 0 spiro atoms. The largest absolute Gasteiger partial charge is 0.398 e.